The van der Waals surface area contributed by atoms with Crippen LogP contribution >= 0.6 is 0 Å². The summed E-state index contributed by atoms with van der Waals surface area (Å²) in [6, 6.07) is 16.8. The molecule has 1 atom stereocenters. The van der Waals surface area contributed by atoms with Crippen LogP contribution in [0, 0.1) is 0 Å². The van der Waals surface area contributed by atoms with E-state index in [9.17, 15) is 14.7 Å². The molecular formula is C28H29N3O3. The Hall–Kier alpha value is -3.93. The lowest BCUT2D eigenvalue weighted by Gasteiger charge is -2.27. The van der Waals surface area contributed by atoms with E-state index in [1.54, 1.807) is 23.5 Å². The van der Waals surface area contributed by atoms with E-state index in [-0.39, 0.29) is 11.4 Å². The minimum absolute atomic E-state index is 0.122. The lowest BCUT2D eigenvalue weighted by molar-refractivity contribution is -0.129. The van der Waals surface area contributed by atoms with Gasteiger partial charge in [-0.15, -0.1) is 0 Å². The van der Waals surface area contributed by atoms with E-state index in [4.69, 9.17) is 0 Å². The summed E-state index contributed by atoms with van der Waals surface area (Å²) in [6.45, 7) is 5.31. The van der Waals surface area contributed by atoms with E-state index >= 15 is 0 Å². The Kier molecular flexibility index (Phi) is 7.07. The molecule has 1 aromatic heterocycles. The molecule has 1 aliphatic heterocycles. The number of nitrogens with zero attached hydrogens (tertiary/aromatic N) is 3. The number of aliphatic hydroxyl groups excluding tert-OH is 1. The lowest BCUT2D eigenvalue weighted by atomic mass is 9.93. The second kappa shape index (κ2) is 10.3. The molecular weight excluding hydrogens is 426 g/mol. The fraction of sp³-hybridized carbons (Fsp3) is 0.250. The topological polar surface area (TPSA) is 75.4 Å². The van der Waals surface area contributed by atoms with Gasteiger partial charge < -0.3 is 14.6 Å². The number of amides is 1. The van der Waals surface area contributed by atoms with Crippen molar-refractivity contribution in [1.82, 2.24) is 14.5 Å². The summed E-state index contributed by atoms with van der Waals surface area (Å²) in [5.41, 5.74) is 2.97. The fourth-order valence-corrected chi connectivity index (χ4v) is 4.21. The molecule has 1 unspecified atom stereocenters. The average molecular weight is 456 g/mol. The van der Waals surface area contributed by atoms with Crippen LogP contribution in [0.5, 0.6) is 0 Å². The molecule has 2 aromatic carbocycles. The van der Waals surface area contributed by atoms with E-state index in [1.807, 2.05) is 65.4 Å². The van der Waals surface area contributed by atoms with Crippen LogP contribution in [0.25, 0.3) is 6.08 Å². The Morgan fingerprint density at radius 1 is 1.09 bits per heavy atom. The standard InChI is InChI=1S/C28H29N3O3/c1-20(2)22-10-12-23(13-11-22)26-25(24(32)14-9-21-7-4-3-5-8-21)27(33)28(34)31(26)17-6-16-30-18-15-29-19-30/h3-5,7-15,18-20,26,33H,6,16-17H2,1-2H3/b14-9+. The largest absolute Gasteiger partial charge is 0.503 e. The zero-order valence-corrected chi connectivity index (χ0v) is 19.5. The molecule has 4 rings (SSSR count). The number of imidazole rings is 1. The first-order valence-electron chi connectivity index (χ1n) is 11.5. The first kappa shape index (κ1) is 23.2. The molecule has 6 nitrogen and oxygen atoms in total. The third-order valence-corrected chi connectivity index (χ3v) is 6.09. The van der Waals surface area contributed by atoms with Gasteiger partial charge in [0.05, 0.1) is 17.9 Å². The zero-order valence-electron chi connectivity index (χ0n) is 19.5. The number of aryl methyl sites for hydroxylation is 1. The van der Waals surface area contributed by atoms with Crippen LogP contribution in [0.3, 0.4) is 0 Å². The van der Waals surface area contributed by atoms with E-state index in [2.05, 4.69) is 18.8 Å². The number of hydrogen-bond acceptors (Lipinski definition) is 4. The fourth-order valence-electron chi connectivity index (χ4n) is 4.21. The number of carbonyl (C=O) groups is 2. The van der Waals surface area contributed by atoms with Gasteiger partial charge in [-0.2, -0.15) is 0 Å². The molecule has 0 bridgehead atoms. The highest BCUT2D eigenvalue weighted by Gasteiger charge is 2.42. The van der Waals surface area contributed by atoms with Gasteiger partial charge in [-0.1, -0.05) is 74.5 Å². The summed E-state index contributed by atoms with van der Waals surface area (Å²) in [5, 5.41) is 10.8. The van der Waals surface area contributed by atoms with Crippen LogP contribution in [0.1, 0.15) is 48.9 Å². The molecule has 174 valence electrons. The summed E-state index contributed by atoms with van der Waals surface area (Å²) in [5.74, 6) is -0.988. The zero-order chi connectivity index (χ0) is 24.1. The van der Waals surface area contributed by atoms with Crippen molar-refractivity contribution in [3.8, 4) is 0 Å². The number of carbonyl (C=O) groups excluding carboxylic acids is 2. The smallest absolute Gasteiger partial charge is 0.290 e. The Labute approximate surface area is 199 Å². The van der Waals surface area contributed by atoms with Gasteiger partial charge in [0.1, 0.15) is 0 Å². The second-order valence-electron chi connectivity index (χ2n) is 8.75. The lowest BCUT2D eigenvalue weighted by Crippen LogP contribution is -2.32. The minimum Gasteiger partial charge on any atom is -0.503 e. The summed E-state index contributed by atoms with van der Waals surface area (Å²) in [4.78, 5) is 32.0. The van der Waals surface area contributed by atoms with E-state index in [1.165, 1.54) is 11.6 Å². The molecule has 1 N–H and O–H groups in total. The van der Waals surface area contributed by atoms with Crippen LogP contribution < -0.4 is 0 Å². The molecule has 2 heterocycles. The maximum Gasteiger partial charge on any atom is 0.290 e. The molecule has 0 aliphatic carbocycles. The van der Waals surface area contributed by atoms with Crippen molar-refractivity contribution in [3.05, 3.63) is 107 Å². The molecule has 1 aliphatic rings. The van der Waals surface area contributed by atoms with Gasteiger partial charge >= 0.3 is 0 Å². The number of hydrogen-bond donors (Lipinski definition) is 1. The Balaban J connectivity index is 1.63. The predicted molar refractivity (Wildman–Crippen MR) is 132 cm³/mol. The van der Waals surface area contributed by atoms with Gasteiger partial charge in [-0.05, 0) is 35.1 Å². The van der Waals surface area contributed by atoms with Crippen molar-refractivity contribution in [3.63, 3.8) is 0 Å². The molecule has 1 amide bonds. The number of aromatic nitrogens is 2. The van der Waals surface area contributed by atoms with Crippen molar-refractivity contribution in [2.24, 2.45) is 0 Å². The van der Waals surface area contributed by atoms with Crippen molar-refractivity contribution < 1.29 is 14.7 Å². The van der Waals surface area contributed by atoms with Crippen molar-refractivity contribution in [2.75, 3.05) is 6.54 Å². The van der Waals surface area contributed by atoms with Crippen LogP contribution in [0.4, 0.5) is 0 Å². The molecule has 0 saturated carbocycles. The third-order valence-electron chi connectivity index (χ3n) is 6.09. The van der Waals surface area contributed by atoms with Crippen LogP contribution in [0.2, 0.25) is 0 Å². The first-order valence-corrected chi connectivity index (χ1v) is 11.5. The summed E-state index contributed by atoms with van der Waals surface area (Å²) in [7, 11) is 0. The van der Waals surface area contributed by atoms with E-state index in [0.717, 1.165) is 11.1 Å². The molecule has 0 spiro atoms. The van der Waals surface area contributed by atoms with Gasteiger partial charge in [0, 0.05) is 25.5 Å². The normalized spacial score (nSPS) is 16.3. The van der Waals surface area contributed by atoms with Crippen LogP contribution in [-0.4, -0.2) is 37.8 Å². The number of allylic oxidation sites excluding steroid dienone is 1. The minimum atomic E-state index is -0.635. The maximum atomic E-state index is 13.2. The van der Waals surface area contributed by atoms with Crippen molar-refractivity contribution >= 4 is 17.8 Å². The molecule has 0 fully saturated rings. The Morgan fingerprint density at radius 3 is 2.47 bits per heavy atom. The summed E-state index contributed by atoms with van der Waals surface area (Å²) in [6.07, 6.45) is 9.10. The number of aliphatic hydroxyl groups is 1. The maximum absolute atomic E-state index is 13.2. The quantitative estimate of drug-likeness (QED) is 0.457. The SMILES string of the molecule is CC(C)c1ccc(C2C(C(=O)/C=C/c3ccccc3)=C(O)C(=O)N2CCCn2ccnc2)cc1. The molecule has 3 aromatic rings. The number of benzene rings is 2. The molecule has 0 radical (unpaired) electrons. The van der Waals surface area contributed by atoms with Gasteiger partial charge in [0.15, 0.2) is 11.5 Å². The highest BCUT2D eigenvalue weighted by molar-refractivity contribution is 6.14. The monoisotopic (exact) mass is 455 g/mol. The van der Waals surface area contributed by atoms with Gasteiger partial charge in [0.25, 0.3) is 5.91 Å². The highest BCUT2D eigenvalue weighted by Crippen LogP contribution is 2.38. The number of ketones is 1. The first-order chi connectivity index (χ1) is 16.5. The summed E-state index contributed by atoms with van der Waals surface area (Å²) < 4.78 is 1.94. The van der Waals surface area contributed by atoms with Gasteiger partial charge in [-0.3, -0.25) is 9.59 Å². The number of rotatable bonds is 9. The Bertz CT molecular complexity index is 1190. The van der Waals surface area contributed by atoms with E-state index < -0.39 is 17.7 Å². The summed E-state index contributed by atoms with van der Waals surface area (Å²) >= 11 is 0. The van der Waals surface area contributed by atoms with Gasteiger partial charge in [0.2, 0.25) is 0 Å². The van der Waals surface area contributed by atoms with Crippen molar-refractivity contribution in [2.45, 2.75) is 38.8 Å². The molecule has 0 saturated heterocycles. The second-order valence-corrected chi connectivity index (χ2v) is 8.75. The third kappa shape index (κ3) is 5.01. The molecule has 34 heavy (non-hydrogen) atoms. The predicted octanol–water partition coefficient (Wildman–Crippen LogP) is 5.07. The molecule has 6 heteroatoms. The van der Waals surface area contributed by atoms with Crippen LogP contribution in [0.15, 0.2) is 90.7 Å². The van der Waals surface area contributed by atoms with E-state index in [0.29, 0.717) is 25.4 Å². The van der Waals surface area contributed by atoms with Crippen molar-refractivity contribution in [1.29, 1.82) is 0 Å². The highest BCUT2D eigenvalue weighted by atomic mass is 16.3. The Morgan fingerprint density at radius 2 is 1.82 bits per heavy atom. The average Bonchev–Trinajstić information content (AvgIpc) is 3.45. The van der Waals surface area contributed by atoms with Crippen LogP contribution in [-0.2, 0) is 16.1 Å². The van der Waals surface area contributed by atoms with Gasteiger partial charge in [-0.25, -0.2) is 4.98 Å².